The first kappa shape index (κ1) is 22.0. The lowest BCUT2D eigenvalue weighted by molar-refractivity contribution is 0.446. The first-order valence-corrected chi connectivity index (χ1v) is 11.2. The zero-order valence-electron chi connectivity index (χ0n) is 19.2. The molecule has 4 rings (SSSR count). The quantitative estimate of drug-likeness (QED) is 0.619. The number of hydrogen-bond acceptors (Lipinski definition) is 6. The van der Waals surface area contributed by atoms with E-state index in [1.54, 1.807) is 19.2 Å². The molecule has 0 saturated heterocycles. The maximum atomic E-state index is 11.9. The van der Waals surface area contributed by atoms with Crippen LogP contribution in [0.25, 0.3) is 22.5 Å². The van der Waals surface area contributed by atoms with Gasteiger partial charge in [-0.3, -0.25) is 4.79 Å². The molecule has 0 unspecified atom stereocenters. The molecule has 1 aromatic carbocycles. The molecule has 7 heteroatoms. The fraction of sp³-hybridized carbons (Fsp3) is 0.440. The molecule has 0 aliphatic heterocycles. The normalized spacial score (nSPS) is 21.2. The minimum atomic E-state index is -0.151. The van der Waals surface area contributed by atoms with Gasteiger partial charge < -0.3 is 14.6 Å². The van der Waals surface area contributed by atoms with Crippen molar-refractivity contribution in [3.8, 4) is 28.3 Å². The minimum absolute atomic E-state index is 0.0757. The molecule has 1 N–H and O–H groups in total. The Balaban J connectivity index is 1.54. The number of benzene rings is 1. The number of phenols is 1. The summed E-state index contributed by atoms with van der Waals surface area (Å²) in [5.41, 5.74) is 2.23. The largest absolute Gasteiger partial charge is 0.507 e. The van der Waals surface area contributed by atoms with E-state index >= 15 is 0 Å². The van der Waals surface area contributed by atoms with Crippen molar-refractivity contribution in [1.82, 2.24) is 19.7 Å². The average molecular weight is 434 g/mol. The molecule has 0 spiro atoms. The van der Waals surface area contributed by atoms with Gasteiger partial charge in [-0.25, -0.2) is 4.98 Å². The molecule has 1 aliphatic carbocycles. The van der Waals surface area contributed by atoms with Crippen LogP contribution in [0.4, 0.5) is 5.82 Å². The summed E-state index contributed by atoms with van der Waals surface area (Å²) in [6.45, 7) is 4.67. The van der Waals surface area contributed by atoms with Gasteiger partial charge in [0.25, 0.3) is 5.56 Å². The molecule has 2 aromatic heterocycles. The molecule has 1 aliphatic rings. The topological polar surface area (TPSA) is 84.1 Å². The monoisotopic (exact) mass is 433 g/mol. The van der Waals surface area contributed by atoms with Crippen LogP contribution >= 0.6 is 0 Å². The summed E-state index contributed by atoms with van der Waals surface area (Å²) in [4.78, 5) is 18.4. The Morgan fingerprint density at radius 3 is 2.31 bits per heavy atom. The van der Waals surface area contributed by atoms with Crippen molar-refractivity contribution in [3.63, 3.8) is 0 Å². The van der Waals surface area contributed by atoms with Crippen molar-refractivity contribution in [2.45, 2.75) is 45.6 Å². The fourth-order valence-corrected chi connectivity index (χ4v) is 4.52. The highest BCUT2D eigenvalue weighted by Crippen LogP contribution is 2.33. The predicted octanol–water partition coefficient (Wildman–Crippen LogP) is 4.26. The number of aromatic hydroxyl groups is 1. The van der Waals surface area contributed by atoms with Crippen LogP contribution in [-0.2, 0) is 7.05 Å². The van der Waals surface area contributed by atoms with Crippen molar-refractivity contribution >= 4 is 5.82 Å². The van der Waals surface area contributed by atoms with Gasteiger partial charge in [-0.05, 0) is 48.9 Å². The van der Waals surface area contributed by atoms with Crippen LogP contribution < -0.4 is 10.5 Å². The van der Waals surface area contributed by atoms with E-state index in [9.17, 15) is 9.90 Å². The van der Waals surface area contributed by atoms with Gasteiger partial charge in [0, 0.05) is 37.3 Å². The lowest BCUT2D eigenvalue weighted by Crippen LogP contribution is -2.34. The Labute approximate surface area is 188 Å². The van der Waals surface area contributed by atoms with Gasteiger partial charge in [0.05, 0.1) is 17.7 Å². The Morgan fingerprint density at radius 2 is 1.72 bits per heavy atom. The van der Waals surface area contributed by atoms with Crippen LogP contribution in [0.5, 0.6) is 5.75 Å². The van der Waals surface area contributed by atoms with Crippen LogP contribution in [0.1, 0.15) is 39.5 Å². The van der Waals surface area contributed by atoms with Gasteiger partial charge in [0.15, 0.2) is 5.82 Å². The Kier molecular flexibility index (Phi) is 6.26. The van der Waals surface area contributed by atoms with E-state index in [-0.39, 0.29) is 11.3 Å². The van der Waals surface area contributed by atoms with Crippen molar-refractivity contribution in [2.24, 2.45) is 18.9 Å². The summed E-state index contributed by atoms with van der Waals surface area (Å²) in [5.74, 6) is 2.36. The smallest absolute Gasteiger partial charge is 0.253 e. The molecule has 168 valence electrons. The number of phenolic OH excluding ortho intramolecular Hbond substituents is 1. The molecule has 32 heavy (non-hydrogen) atoms. The van der Waals surface area contributed by atoms with Gasteiger partial charge in [-0.1, -0.05) is 32.8 Å². The van der Waals surface area contributed by atoms with E-state index in [0.717, 1.165) is 17.7 Å². The van der Waals surface area contributed by atoms with Crippen molar-refractivity contribution < 1.29 is 5.11 Å². The first-order valence-electron chi connectivity index (χ1n) is 11.2. The van der Waals surface area contributed by atoms with Gasteiger partial charge in [-0.15, -0.1) is 10.2 Å². The molecule has 0 radical (unpaired) electrons. The average Bonchev–Trinajstić information content (AvgIpc) is 2.95. The highest BCUT2D eigenvalue weighted by atomic mass is 16.3. The number of hydrogen-bond donors (Lipinski definition) is 1. The molecular weight excluding hydrogens is 402 g/mol. The second-order valence-corrected chi connectivity index (χ2v) is 9.26. The number of anilines is 1. The summed E-state index contributed by atoms with van der Waals surface area (Å²) in [6.07, 6.45) is 6.39. The molecule has 0 bridgehead atoms. The summed E-state index contributed by atoms with van der Waals surface area (Å²) < 4.78 is 1.41. The molecule has 0 amide bonds. The number of rotatable bonds is 4. The summed E-state index contributed by atoms with van der Waals surface area (Å²) >= 11 is 0. The van der Waals surface area contributed by atoms with Gasteiger partial charge >= 0.3 is 0 Å². The summed E-state index contributed by atoms with van der Waals surface area (Å²) in [7, 11) is 3.75. The van der Waals surface area contributed by atoms with Crippen LogP contribution in [0.15, 0.2) is 47.5 Å². The van der Waals surface area contributed by atoms with Gasteiger partial charge in [-0.2, -0.15) is 0 Å². The molecular formula is C25H31N5O2. The zero-order chi connectivity index (χ0) is 22.8. The number of aryl methyl sites for hydroxylation is 1. The van der Waals surface area contributed by atoms with Crippen LogP contribution in [0.2, 0.25) is 0 Å². The third-order valence-corrected chi connectivity index (χ3v) is 6.61. The lowest BCUT2D eigenvalue weighted by atomic mass is 9.98. The van der Waals surface area contributed by atoms with Crippen LogP contribution in [0, 0.1) is 11.8 Å². The van der Waals surface area contributed by atoms with E-state index < -0.39 is 0 Å². The molecule has 3 aromatic rings. The lowest BCUT2D eigenvalue weighted by Gasteiger charge is -2.30. The minimum Gasteiger partial charge on any atom is -0.507 e. The first-order chi connectivity index (χ1) is 15.3. The second kappa shape index (κ2) is 9.10. The van der Waals surface area contributed by atoms with E-state index in [2.05, 4.69) is 41.0 Å². The fourth-order valence-electron chi connectivity index (χ4n) is 4.52. The standard InChI is InChI=1S/C25H31N5O2/c1-16-5-6-17(2)12-19(11-16)30(4)24-10-9-21(27-28-24)20-8-7-18(13-23(20)31)22-14-25(32)29(3)15-26-22/h7-10,13-17,19,31H,5-6,11-12H2,1-4H3/t16-,17+,19+. The second-order valence-electron chi connectivity index (χ2n) is 9.26. The van der Waals surface area contributed by atoms with Crippen LogP contribution in [0.3, 0.4) is 0 Å². The maximum Gasteiger partial charge on any atom is 0.253 e. The molecule has 2 heterocycles. The Morgan fingerprint density at radius 1 is 1.00 bits per heavy atom. The number of nitrogens with zero attached hydrogens (tertiary/aromatic N) is 5. The predicted molar refractivity (Wildman–Crippen MR) is 127 cm³/mol. The Bertz CT molecular complexity index is 1130. The van der Waals surface area contributed by atoms with E-state index in [4.69, 9.17) is 0 Å². The highest BCUT2D eigenvalue weighted by Gasteiger charge is 2.25. The van der Waals surface area contributed by atoms with Crippen molar-refractivity contribution in [2.75, 3.05) is 11.9 Å². The van der Waals surface area contributed by atoms with Crippen LogP contribution in [-0.4, -0.2) is 37.9 Å². The third kappa shape index (κ3) is 4.66. The number of aromatic nitrogens is 4. The Hall–Kier alpha value is -3.22. The third-order valence-electron chi connectivity index (χ3n) is 6.61. The molecule has 1 saturated carbocycles. The summed E-state index contributed by atoms with van der Waals surface area (Å²) in [6, 6.07) is 11.0. The highest BCUT2D eigenvalue weighted by molar-refractivity contribution is 5.73. The van der Waals surface area contributed by atoms with E-state index in [1.165, 1.54) is 42.6 Å². The SMILES string of the molecule is C[C@@H]1CC[C@H](C)C[C@@H](N(C)c2ccc(-c3ccc(-c4cc(=O)n(C)cn4)cc3O)nn2)C1. The van der Waals surface area contributed by atoms with Crippen molar-refractivity contribution in [1.29, 1.82) is 0 Å². The molecule has 1 fully saturated rings. The van der Waals surface area contributed by atoms with Crippen molar-refractivity contribution in [3.05, 3.63) is 53.1 Å². The zero-order valence-corrected chi connectivity index (χ0v) is 19.2. The molecule has 7 nitrogen and oxygen atoms in total. The van der Waals surface area contributed by atoms with E-state index in [0.29, 0.717) is 28.6 Å². The van der Waals surface area contributed by atoms with E-state index in [1.807, 2.05) is 18.2 Å². The maximum absolute atomic E-state index is 11.9. The summed E-state index contributed by atoms with van der Waals surface area (Å²) in [5, 5.41) is 19.5. The van der Waals surface area contributed by atoms with Gasteiger partial charge in [0.1, 0.15) is 5.75 Å². The molecule has 3 atom stereocenters. The van der Waals surface area contributed by atoms with Gasteiger partial charge in [0.2, 0.25) is 0 Å².